The molecular weight excluding hydrogens is 312 g/mol. The lowest BCUT2D eigenvalue weighted by molar-refractivity contribution is 0.102. The average Bonchev–Trinajstić information content (AvgIpc) is 2.32. The normalized spacial score (nSPS) is 10.2. The molecule has 0 atom stereocenters. The van der Waals surface area contributed by atoms with Crippen LogP contribution in [0.5, 0.6) is 0 Å². The standard InChI is InChI=1S/C13H11BrN2OS/c1-8-2-4-10(7-15-8)16-13(17)11-5-3-9(14)6-12(11)18/h2-7,18H,1H3,(H,16,17). The van der Waals surface area contributed by atoms with Gasteiger partial charge in [-0.15, -0.1) is 12.6 Å². The molecule has 0 bridgehead atoms. The zero-order chi connectivity index (χ0) is 13.1. The maximum absolute atomic E-state index is 12.0. The van der Waals surface area contributed by atoms with Crippen molar-refractivity contribution >= 4 is 40.2 Å². The van der Waals surface area contributed by atoms with Crippen molar-refractivity contribution in [1.82, 2.24) is 4.98 Å². The Balaban J connectivity index is 2.19. The fourth-order valence-electron chi connectivity index (χ4n) is 1.44. The van der Waals surface area contributed by atoms with E-state index in [4.69, 9.17) is 0 Å². The van der Waals surface area contributed by atoms with Crippen molar-refractivity contribution in [3.63, 3.8) is 0 Å². The number of nitrogens with one attached hydrogen (secondary N) is 1. The van der Waals surface area contributed by atoms with Gasteiger partial charge in [0, 0.05) is 15.1 Å². The minimum absolute atomic E-state index is 0.196. The molecule has 1 aromatic carbocycles. The quantitative estimate of drug-likeness (QED) is 0.828. The Morgan fingerprint density at radius 1 is 1.33 bits per heavy atom. The Kier molecular flexibility index (Phi) is 4.04. The monoisotopic (exact) mass is 322 g/mol. The van der Waals surface area contributed by atoms with Gasteiger partial charge in [-0.3, -0.25) is 9.78 Å². The molecule has 5 heteroatoms. The van der Waals surface area contributed by atoms with E-state index in [9.17, 15) is 4.79 Å². The molecule has 3 nitrogen and oxygen atoms in total. The zero-order valence-electron chi connectivity index (χ0n) is 9.64. The highest BCUT2D eigenvalue weighted by Gasteiger charge is 2.10. The Morgan fingerprint density at radius 3 is 2.72 bits per heavy atom. The van der Waals surface area contributed by atoms with Gasteiger partial charge < -0.3 is 5.32 Å². The van der Waals surface area contributed by atoms with Gasteiger partial charge in [-0.25, -0.2) is 0 Å². The molecule has 0 saturated carbocycles. The second-order valence-electron chi connectivity index (χ2n) is 3.80. The van der Waals surface area contributed by atoms with Gasteiger partial charge in [0.25, 0.3) is 5.91 Å². The van der Waals surface area contributed by atoms with E-state index in [1.165, 1.54) is 0 Å². The lowest BCUT2D eigenvalue weighted by atomic mass is 10.2. The summed E-state index contributed by atoms with van der Waals surface area (Å²) in [4.78, 5) is 16.8. The van der Waals surface area contributed by atoms with Crippen LogP contribution >= 0.6 is 28.6 Å². The molecule has 0 unspecified atom stereocenters. The van der Waals surface area contributed by atoms with Crippen molar-refractivity contribution in [2.24, 2.45) is 0 Å². The number of aryl methyl sites for hydroxylation is 1. The third-order valence-electron chi connectivity index (χ3n) is 2.37. The number of rotatable bonds is 2. The van der Waals surface area contributed by atoms with Crippen LogP contribution in [-0.2, 0) is 0 Å². The number of benzene rings is 1. The van der Waals surface area contributed by atoms with E-state index in [2.05, 4.69) is 38.9 Å². The minimum Gasteiger partial charge on any atom is -0.321 e. The molecule has 0 aliphatic rings. The van der Waals surface area contributed by atoms with Gasteiger partial charge in [0.15, 0.2) is 0 Å². The molecular formula is C13H11BrN2OS. The molecule has 0 saturated heterocycles. The zero-order valence-corrected chi connectivity index (χ0v) is 12.1. The van der Waals surface area contributed by atoms with Crippen LogP contribution in [0.4, 0.5) is 5.69 Å². The summed E-state index contributed by atoms with van der Waals surface area (Å²) in [6.07, 6.45) is 1.63. The number of thiol groups is 1. The van der Waals surface area contributed by atoms with Crippen LogP contribution in [0, 0.1) is 6.92 Å². The minimum atomic E-state index is -0.196. The predicted octanol–water partition coefficient (Wildman–Crippen LogP) is 3.69. The summed E-state index contributed by atoms with van der Waals surface area (Å²) in [7, 11) is 0. The summed E-state index contributed by atoms with van der Waals surface area (Å²) < 4.78 is 0.890. The summed E-state index contributed by atoms with van der Waals surface area (Å²) in [5.74, 6) is -0.196. The van der Waals surface area contributed by atoms with Crippen LogP contribution < -0.4 is 5.32 Å². The molecule has 18 heavy (non-hydrogen) atoms. The molecule has 1 N–H and O–H groups in total. The Labute approximate surface area is 119 Å². The van der Waals surface area contributed by atoms with Gasteiger partial charge >= 0.3 is 0 Å². The van der Waals surface area contributed by atoms with Crippen molar-refractivity contribution < 1.29 is 4.79 Å². The smallest absolute Gasteiger partial charge is 0.256 e. The van der Waals surface area contributed by atoms with Gasteiger partial charge in [0.05, 0.1) is 17.4 Å². The maximum atomic E-state index is 12.0. The van der Waals surface area contributed by atoms with E-state index in [1.54, 1.807) is 18.3 Å². The van der Waals surface area contributed by atoms with E-state index in [1.807, 2.05) is 25.1 Å². The third-order valence-corrected chi connectivity index (χ3v) is 3.24. The summed E-state index contributed by atoms with van der Waals surface area (Å²) in [6.45, 7) is 1.89. The molecule has 0 aliphatic carbocycles. The number of carbonyl (C=O) groups excluding carboxylic acids is 1. The van der Waals surface area contributed by atoms with Crippen LogP contribution in [0.3, 0.4) is 0 Å². The summed E-state index contributed by atoms with van der Waals surface area (Å²) in [5.41, 5.74) is 2.11. The Hall–Kier alpha value is -1.33. The topological polar surface area (TPSA) is 42.0 Å². The van der Waals surface area contributed by atoms with Crippen LogP contribution in [0.15, 0.2) is 45.9 Å². The lowest BCUT2D eigenvalue weighted by Gasteiger charge is -2.07. The lowest BCUT2D eigenvalue weighted by Crippen LogP contribution is -2.12. The SMILES string of the molecule is Cc1ccc(NC(=O)c2ccc(Br)cc2S)cn1. The largest absolute Gasteiger partial charge is 0.321 e. The third kappa shape index (κ3) is 3.11. The summed E-state index contributed by atoms with van der Waals surface area (Å²) >= 11 is 7.61. The summed E-state index contributed by atoms with van der Waals surface area (Å²) in [5, 5.41) is 2.78. The van der Waals surface area contributed by atoms with E-state index in [-0.39, 0.29) is 5.91 Å². The number of carbonyl (C=O) groups is 1. The first-order valence-corrected chi connectivity index (χ1v) is 6.53. The average molecular weight is 323 g/mol. The van der Waals surface area contributed by atoms with E-state index < -0.39 is 0 Å². The molecule has 0 spiro atoms. The van der Waals surface area contributed by atoms with Crippen LogP contribution in [0.2, 0.25) is 0 Å². The first-order valence-electron chi connectivity index (χ1n) is 5.29. The van der Waals surface area contributed by atoms with Gasteiger partial charge in [-0.1, -0.05) is 15.9 Å². The molecule has 1 heterocycles. The van der Waals surface area contributed by atoms with E-state index in [0.717, 1.165) is 10.2 Å². The fraction of sp³-hybridized carbons (Fsp3) is 0.0769. The molecule has 0 radical (unpaired) electrons. The molecule has 0 fully saturated rings. The van der Waals surface area contributed by atoms with Crippen molar-refractivity contribution in [2.45, 2.75) is 11.8 Å². The van der Waals surface area contributed by atoms with Crippen molar-refractivity contribution in [2.75, 3.05) is 5.32 Å². The molecule has 1 amide bonds. The Morgan fingerprint density at radius 2 is 2.11 bits per heavy atom. The predicted molar refractivity (Wildman–Crippen MR) is 78.3 cm³/mol. The number of pyridine rings is 1. The van der Waals surface area contributed by atoms with Crippen molar-refractivity contribution in [1.29, 1.82) is 0 Å². The number of hydrogen-bond acceptors (Lipinski definition) is 3. The van der Waals surface area contributed by atoms with E-state index in [0.29, 0.717) is 16.1 Å². The van der Waals surface area contributed by atoms with Gasteiger partial charge in [-0.2, -0.15) is 0 Å². The van der Waals surface area contributed by atoms with Crippen LogP contribution in [0.1, 0.15) is 16.1 Å². The fourth-order valence-corrected chi connectivity index (χ4v) is 2.29. The maximum Gasteiger partial charge on any atom is 0.256 e. The first-order chi connectivity index (χ1) is 8.56. The van der Waals surface area contributed by atoms with Gasteiger partial charge in [-0.05, 0) is 37.3 Å². The first kappa shape index (κ1) is 13.1. The van der Waals surface area contributed by atoms with Crippen LogP contribution in [0.25, 0.3) is 0 Å². The number of aromatic nitrogens is 1. The van der Waals surface area contributed by atoms with Gasteiger partial charge in [0.2, 0.25) is 0 Å². The number of amides is 1. The highest BCUT2D eigenvalue weighted by Crippen LogP contribution is 2.20. The van der Waals surface area contributed by atoms with Crippen molar-refractivity contribution in [3.8, 4) is 0 Å². The number of anilines is 1. The van der Waals surface area contributed by atoms with E-state index >= 15 is 0 Å². The van der Waals surface area contributed by atoms with Crippen molar-refractivity contribution in [3.05, 3.63) is 52.3 Å². The molecule has 0 aliphatic heterocycles. The highest BCUT2D eigenvalue weighted by molar-refractivity contribution is 9.10. The Bertz CT molecular complexity index is 584. The molecule has 2 rings (SSSR count). The summed E-state index contributed by atoms with van der Waals surface area (Å²) in [6, 6.07) is 8.98. The van der Waals surface area contributed by atoms with Gasteiger partial charge in [0.1, 0.15) is 0 Å². The second kappa shape index (κ2) is 5.54. The molecule has 2 aromatic rings. The number of hydrogen-bond donors (Lipinski definition) is 2. The molecule has 92 valence electrons. The number of halogens is 1. The van der Waals surface area contributed by atoms with Crippen LogP contribution in [-0.4, -0.2) is 10.9 Å². The number of nitrogens with zero attached hydrogens (tertiary/aromatic N) is 1. The highest BCUT2D eigenvalue weighted by atomic mass is 79.9. The molecule has 1 aromatic heterocycles. The second-order valence-corrected chi connectivity index (χ2v) is 5.20.